The van der Waals surface area contributed by atoms with Gasteiger partial charge in [0.25, 0.3) is 5.91 Å². The van der Waals surface area contributed by atoms with Crippen LogP contribution in [-0.2, 0) is 0 Å². The van der Waals surface area contributed by atoms with Crippen molar-refractivity contribution in [3.8, 4) is 0 Å². The Bertz CT molecular complexity index is 736. The summed E-state index contributed by atoms with van der Waals surface area (Å²) in [5, 5.41) is 2.96. The molecule has 2 aromatic rings. The maximum Gasteiger partial charge on any atom is 0.274 e. The van der Waals surface area contributed by atoms with Gasteiger partial charge in [-0.2, -0.15) is 0 Å². The Hall–Kier alpha value is -2.43. The molecule has 1 aromatic heterocycles. The lowest BCUT2D eigenvalue weighted by Crippen LogP contribution is -2.34. The number of nitrogens with one attached hydrogen (secondary N) is 1. The molecule has 1 N–H and O–H groups in total. The fraction of sp³-hybridized carbons (Fsp3) is 0.421. The van der Waals surface area contributed by atoms with Crippen LogP contribution in [0.2, 0.25) is 0 Å². The monoisotopic (exact) mass is 324 g/mol. The number of hydrogen-bond acceptors (Lipinski definition) is 4. The summed E-state index contributed by atoms with van der Waals surface area (Å²) >= 11 is 0. The molecule has 1 amide bonds. The third-order valence-electron chi connectivity index (χ3n) is 4.79. The minimum absolute atomic E-state index is 0.197. The van der Waals surface area contributed by atoms with Gasteiger partial charge in [-0.05, 0) is 55.9 Å². The lowest BCUT2D eigenvalue weighted by molar-refractivity contribution is 0.102. The molecule has 0 atom stereocenters. The second-order valence-corrected chi connectivity index (χ2v) is 6.61. The molecule has 0 unspecified atom stereocenters. The van der Waals surface area contributed by atoms with E-state index in [-0.39, 0.29) is 5.91 Å². The Morgan fingerprint density at radius 3 is 2.71 bits per heavy atom. The Kier molecular flexibility index (Phi) is 4.79. The van der Waals surface area contributed by atoms with Crippen LogP contribution < -0.4 is 10.2 Å². The minimum Gasteiger partial charge on any atom is -0.341 e. The number of benzene rings is 1. The molecular weight excluding hydrogens is 300 g/mol. The number of piperidine rings is 1. The van der Waals surface area contributed by atoms with E-state index < -0.39 is 0 Å². The Balaban J connectivity index is 1.76. The molecule has 1 aliphatic rings. The van der Waals surface area contributed by atoms with Gasteiger partial charge in [-0.3, -0.25) is 4.79 Å². The van der Waals surface area contributed by atoms with E-state index >= 15 is 0 Å². The van der Waals surface area contributed by atoms with E-state index in [2.05, 4.69) is 27.1 Å². The summed E-state index contributed by atoms with van der Waals surface area (Å²) in [6.07, 6.45) is 3.95. The van der Waals surface area contributed by atoms with Crippen molar-refractivity contribution in [3.05, 3.63) is 47.3 Å². The number of nitrogens with zero attached hydrogens (tertiary/aromatic N) is 3. The van der Waals surface area contributed by atoms with Gasteiger partial charge in [0, 0.05) is 25.0 Å². The molecule has 0 saturated carbocycles. The average molecular weight is 324 g/mol. The number of hydrogen-bond donors (Lipinski definition) is 1. The lowest BCUT2D eigenvalue weighted by atomic mass is 10.00. The maximum absolute atomic E-state index is 12.5. The molecule has 126 valence electrons. The number of rotatable bonds is 3. The van der Waals surface area contributed by atoms with Crippen LogP contribution in [0.15, 0.2) is 30.5 Å². The van der Waals surface area contributed by atoms with Crippen molar-refractivity contribution in [2.24, 2.45) is 5.92 Å². The maximum atomic E-state index is 12.5. The van der Waals surface area contributed by atoms with E-state index in [0.29, 0.717) is 11.6 Å². The highest BCUT2D eigenvalue weighted by molar-refractivity contribution is 6.03. The van der Waals surface area contributed by atoms with Crippen molar-refractivity contribution in [2.45, 2.75) is 33.6 Å². The first-order valence-corrected chi connectivity index (χ1v) is 8.50. The van der Waals surface area contributed by atoms with E-state index in [4.69, 9.17) is 0 Å². The fourth-order valence-electron chi connectivity index (χ4n) is 2.91. The Labute approximate surface area is 143 Å². The highest BCUT2D eigenvalue weighted by Crippen LogP contribution is 2.21. The van der Waals surface area contributed by atoms with Gasteiger partial charge in [0.2, 0.25) is 5.95 Å². The molecule has 1 aliphatic heterocycles. The number of carbonyl (C=O) groups excluding carboxylic acids is 1. The van der Waals surface area contributed by atoms with Crippen molar-refractivity contribution in [3.63, 3.8) is 0 Å². The number of aryl methyl sites for hydroxylation is 1. The van der Waals surface area contributed by atoms with Crippen molar-refractivity contribution >= 4 is 17.5 Å². The summed E-state index contributed by atoms with van der Waals surface area (Å²) in [5.41, 5.74) is 3.45. The standard InChI is InChI=1S/C19H24N4O/c1-13-8-11-23(12-9-13)19-20-10-7-17(22-19)18(24)21-16-6-4-5-14(2)15(16)3/h4-7,10,13H,8-9,11-12H2,1-3H3,(H,21,24). The first kappa shape index (κ1) is 16.4. The third kappa shape index (κ3) is 3.55. The summed E-state index contributed by atoms with van der Waals surface area (Å²) in [6.45, 7) is 8.20. The van der Waals surface area contributed by atoms with Gasteiger partial charge in [0.1, 0.15) is 5.69 Å². The predicted octanol–water partition coefficient (Wildman–Crippen LogP) is 3.58. The summed E-state index contributed by atoms with van der Waals surface area (Å²) in [5.74, 6) is 1.20. The molecular formula is C19H24N4O. The van der Waals surface area contributed by atoms with Gasteiger partial charge in [-0.15, -0.1) is 0 Å². The van der Waals surface area contributed by atoms with E-state index in [0.717, 1.165) is 48.7 Å². The SMILES string of the molecule is Cc1cccc(NC(=O)c2ccnc(N3CCC(C)CC3)n2)c1C. The highest BCUT2D eigenvalue weighted by atomic mass is 16.1. The molecule has 1 saturated heterocycles. The first-order chi connectivity index (χ1) is 11.5. The summed E-state index contributed by atoms with van der Waals surface area (Å²) in [4.78, 5) is 23.5. The van der Waals surface area contributed by atoms with E-state index in [9.17, 15) is 4.79 Å². The average Bonchev–Trinajstić information content (AvgIpc) is 2.60. The van der Waals surface area contributed by atoms with E-state index in [1.54, 1.807) is 12.3 Å². The number of aromatic nitrogens is 2. The van der Waals surface area contributed by atoms with Gasteiger partial charge in [-0.1, -0.05) is 19.1 Å². The van der Waals surface area contributed by atoms with Crippen LogP contribution in [0.1, 0.15) is 41.4 Å². The molecule has 5 nitrogen and oxygen atoms in total. The van der Waals surface area contributed by atoms with Crippen LogP contribution in [0.25, 0.3) is 0 Å². The molecule has 2 heterocycles. The van der Waals surface area contributed by atoms with Gasteiger partial charge in [0.15, 0.2) is 0 Å². The number of carbonyl (C=O) groups is 1. The molecule has 0 aliphatic carbocycles. The molecule has 0 spiro atoms. The highest BCUT2D eigenvalue weighted by Gasteiger charge is 2.19. The quantitative estimate of drug-likeness (QED) is 0.937. The van der Waals surface area contributed by atoms with Crippen molar-refractivity contribution in [1.82, 2.24) is 9.97 Å². The molecule has 1 fully saturated rings. The lowest BCUT2D eigenvalue weighted by Gasteiger charge is -2.30. The van der Waals surface area contributed by atoms with Gasteiger partial charge >= 0.3 is 0 Å². The van der Waals surface area contributed by atoms with Crippen LogP contribution in [0, 0.1) is 19.8 Å². The van der Waals surface area contributed by atoms with Crippen molar-refractivity contribution < 1.29 is 4.79 Å². The first-order valence-electron chi connectivity index (χ1n) is 8.50. The number of anilines is 2. The van der Waals surface area contributed by atoms with E-state index in [1.165, 1.54) is 0 Å². The molecule has 3 rings (SSSR count). The van der Waals surface area contributed by atoms with Crippen LogP contribution in [0.4, 0.5) is 11.6 Å². The smallest absolute Gasteiger partial charge is 0.274 e. The minimum atomic E-state index is -0.197. The van der Waals surface area contributed by atoms with Crippen molar-refractivity contribution in [2.75, 3.05) is 23.3 Å². The summed E-state index contributed by atoms with van der Waals surface area (Å²) in [6, 6.07) is 7.55. The second kappa shape index (κ2) is 6.99. The second-order valence-electron chi connectivity index (χ2n) is 6.61. The Morgan fingerprint density at radius 1 is 1.21 bits per heavy atom. The van der Waals surface area contributed by atoms with Crippen LogP contribution in [-0.4, -0.2) is 29.0 Å². The zero-order valence-corrected chi connectivity index (χ0v) is 14.5. The zero-order chi connectivity index (χ0) is 17.1. The van der Waals surface area contributed by atoms with Crippen molar-refractivity contribution in [1.29, 1.82) is 0 Å². The van der Waals surface area contributed by atoms with Crippen LogP contribution >= 0.6 is 0 Å². The van der Waals surface area contributed by atoms with Crippen LogP contribution in [0.3, 0.4) is 0 Å². The molecule has 1 aromatic carbocycles. The van der Waals surface area contributed by atoms with Crippen LogP contribution in [0.5, 0.6) is 0 Å². The van der Waals surface area contributed by atoms with Gasteiger partial charge < -0.3 is 10.2 Å². The predicted molar refractivity (Wildman–Crippen MR) is 96.5 cm³/mol. The third-order valence-corrected chi connectivity index (χ3v) is 4.79. The fourth-order valence-corrected chi connectivity index (χ4v) is 2.91. The van der Waals surface area contributed by atoms with Gasteiger partial charge in [0.05, 0.1) is 0 Å². The molecule has 0 radical (unpaired) electrons. The normalized spacial score (nSPS) is 15.4. The number of amides is 1. The Morgan fingerprint density at radius 2 is 1.96 bits per heavy atom. The molecule has 5 heteroatoms. The zero-order valence-electron chi connectivity index (χ0n) is 14.5. The summed E-state index contributed by atoms with van der Waals surface area (Å²) < 4.78 is 0. The summed E-state index contributed by atoms with van der Waals surface area (Å²) in [7, 11) is 0. The van der Waals surface area contributed by atoms with E-state index in [1.807, 2.05) is 32.0 Å². The van der Waals surface area contributed by atoms with Gasteiger partial charge in [-0.25, -0.2) is 9.97 Å². The topological polar surface area (TPSA) is 58.1 Å². The largest absolute Gasteiger partial charge is 0.341 e. The molecule has 24 heavy (non-hydrogen) atoms. The molecule has 0 bridgehead atoms.